The number of nitrogens with two attached hydrogens (primary N) is 1. The van der Waals surface area contributed by atoms with E-state index in [2.05, 4.69) is 49.9 Å². The highest BCUT2D eigenvalue weighted by atomic mass is 79.9. The highest BCUT2D eigenvalue weighted by molar-refractivity contribution is 9.10. The second kappa shape index (κ2) is 5.85. The van der Waals surface area contributed by atoms with Crippen molar-refractivity contribution in [3.63, 3.8) is 0 Å². The van der Waals surface area contributed by atoms with Crippen LogP contribution in [0.15, 0.2) is 27.8 Å². The van der Waals surface area contributed by atoms with Gasteiger partial charge in [0.15, 0.2) is 5.84 Å². The first-order valence-corrected chi connectivity index (χ1v) is 8.17. The summed E-state index contributed by atoms with van der Waals surface area (Å²) >= 11 is 3.52. The molecule has 1 aromatic rings. The summed E-state index contributed by atoms with van der Waals surface area (Å²) in [5, 5.41) is 11.9. The number of halogens is 1. The van der Waals surface area contributed by atoms with Crippen LogP contribution < -0.4 is 10.6 Å². The van der Waals surface area contributed by atoms with E-state index in [1.807, 2.05) is 6.07 Å². The molecule has 2 atom stereocenters. The molecule has 6 heteroatoms. The van der Waals surface area contributed by atoms with E-state index < -0.39 is 0 Å². The Balaban J connectivity index is 1.85. The molecule has 2 fully saturated rings. The van der Waals surface area contributed by atoms with Crippen molar-refractivity contribution < 1.29 is 5.21 Å². The molecule has 5 nitrogen and oxygen atoms in total. The first-order valence-electron chi connectivity index (χ1n) is 7.38. The summed E-state index contributed by atoms with van der Waals surface area (Å²) < 4.78 is 0.858. The lowest BCUT2D eigenvalue weighted by atomic mass is 10.1. The van der Waals surface area contributed by atoms with Gasteiger partial charge in [-0.15, -0.1) is 0 Å². The number of benzene rings is 1. The molecule has 3 rings (SSSR count). The van der Waals surface area contributed by atoms with Gasteiger partial charge in [0, 0.05) is 40.9 Å². The van der Waals surface area contributed by atoms with E-state index in [9.17, 15) is 0 Å². The maximum Gasteiger partial charge on any atom is 0.171 e. The van der Waals surface area contributed by atoms with Gasteiger partial charge in [0.1, 0.15) is 0 Å². The van der Waals surface area contributed by atoms with Crippen LogP contribution in [0.4, 0.5) is 5.69 Å². The lowest BCUT2D eigenvalue weighted by Crippen LogP contribution is -2.55. The molecule has 2 aliphatic heterocycles. The number of amidine groups is 1. The van der Waals surface area contributed by atoms with E-state index in [-0.39, 0.29) is 5.84 Å². The quantitative estimate of drug-likeness (QED) is 0.370. The van der Waals surface area contributed by atoms with Crippen LogP contribution in [0.5, 0.6) is 0 Å². The van der Waals surface area contributed by atoms with Gasteiger partial charge in [-0.2, -0.15) is 0 Å². The number of oxime groups is 1. The van der Waals surface area contributed by atoms with Crippen LogP contribution >= 0.6 is 15.9 Å². The molecule has 0 saturated carbocycles. The molecule has 2 saturated heterocycles. The van der Waals surface area contributed by atoms with Crippen molar-refractivity contribution in [3.05, 3.63) is 28.2 Å². The fourth-order valence-corrected chi connectivity index (χ4v) is 4.06. The fraction of sp³-hybridized carbons (Fsp3) is 0.533. The second-order valence-electron chi connectivity index (χ2n) is 5.94. The molecule has 0 spiro atoms. The van der Waals surface area contributed by atoms with Crippen molar-refractivity contribution in [1.82, 2.24) is 4.90 Å². The Labute approximate surface area is 133 Å². The van der Waals surface area contributed by atoms with Crippen molar-refractivity contribution in [1.29, 1.82) is 0 Å². The van der Waals surface area contributed by atoms with Crippen LogP contribution in [0.2, 0.25) is 0 Å². The Morgan fingerprint density at radius 3 is 2.95 bits per heavy atom. The van der Waals surface area contributed by atoms with E-state index in [0.717, 1.165) is 17.6 Å². The number of hydrogen-bond donors (Lipinski definition) is 2. The van der Waals surface area contributed by atoms with E-state index in [0.29, 0.717) is 17.6 Å². The van der Waals surface area contributed by atoms with Crippen molar-refractivity contribution in [2.24, 2.45) is 10.9 Å². The molecule has 0 aromatic heterocycles. The van der Waals surface area contributed by atoms with Crippen LogP contribution in [-0.2, 0) is 0 Å². The maximum atomic E-state index is 8.80. The van der Waals surface area contributed by atoms with Crippen LogP contribution in [0.3, 0.4) is 0 Å². The summed E-state index contributed by atoms with van der Waals surface area (Å²) in [6.45, 7) is 5.73. The predicted octanol–water partition coefficient (Wildman–Crippen LogP) is 2.22. The number of nitrogens with zero attached hydrogens (tertiary/aromatic N) is 3. The molecule has 2 unspecified atom stereocenters. The standard InChI is InChI=1S/C15H21BrN4O/c1-10-8-19-6-2-3-12(19)9-20(10)11-4-5-13(14(16)7-11)15(17)18-21/h4-5,7,10,12,21H,2-3,6,8-9H2,1H3,(H2,17,18). The fourth-order valence-electron chi connectivity index (χ4n) is 3.49. The third-order valence-electron chi connectivity index (χ3n) is 4.61. The average molecular weight is 353 g/mol. The van der Waals surface area contributed by atoms with Crippen LogP contribution in [0.25, 0.3) is 0 Å². The third kappa shape index (κ3) is 2.74. The summed E-state index contributed by atoms with van der Waals surface area (Å²) in [6.07, 6.45) is 2.62. The summed E-state index contributed by atoms with van der Waals surface area (Å²) in [5.74, 6) is 0.127. The van der Waals surface area contributed by atoms with E-state index in [1.54, 1.807) is 0 Å². The first kappa shape index (κ1) is 14.7. The minimum Gasteiger partial charge on any atom is -0.409 e. The molecule has 21 heavy (non-hydrogen) atoms. The Morgan fingerprint density at radius 1 is 1.43 bits per heavy atom. The van der Waals surface area contributed by atoms with Gasteiger partial charge in [0.2, 0.25) is 0 Å². The van der Waals surface area contributed by atoms with Crippen molar-refractivity contribution in [2.75, 3.05) is 24.5 Å². The molecule has 0 aliphatic carbocycles. The average Bonchev–Trinajstić information content (AvgIpc) is 2.92. The third-order valence-corrected chi connectivity index (χ3v) is 5.26. The molecular formula is C15H21BrN4O. The van der Waals surface area contributed by atoms with Gasteiger partial charge < -0.3 is 15.8 Å². The van der Waals surface area contributed by atoms with E-state index in [1.165, 1.54) is 25.1 Å². The van der Waals surface area contributed by atoms with E-state index in [4.69, 9.17) is 10.9 Å². The molecule has 114 valence electrons. The van der Waals surface area contributed by atoms with Crippen molar-refractivity contribution in [2.45, 2.75) is 31.8 Å². The molecule has 3 N–H and O–H groups in total. The number of fused-ring (bicyclic) bond motifs is 1. The van der Waals surface area contributed by atoms with Gasteiger partial charge in [-0.25, -0.2) is 0 Å². The Morgan fingerprint density at radius 2 is 2.24 bits per heavy atom. The molecule has 0 amide bonds. The minimum absolute atomic E-state index is 0.127. The summed E-state index contributed by atoms with van der Waals surface area (Å²) in [4.78, 5) is 5.08. The Kier molecular flexibility index (Phi) is 4.08. The molecule has 1 aromatic carbocycles. The SMILES string of the molecule is CC1CN2CCCC2CN1c1ccc(/C(N)=N/O)c(Br)c1. The minimum atomic E-state index is 0.127. The monoisotopic (exact) mass is 352 g/mol. The summed E-state index contributed by atoms with van der Waals surface area (Å²) in [6, 6.07) is 7.21. The highest BCUT2D eigenvalue weighted by Crippen LogP contribution is 2.31. The van der Waals surface area contributed by atoms with Gasteiger partial charge >= 0.3 is 0 Å². The summed E-state index contributed by atoms with van der Waals surface area (Å²) in [7, 11) is 0. The lowest BCUT2D eigenvalue weighted by molar-refractivity contribution is 0.203. The Hall–Kier alpha value is -1.27. The maximum absolute atomic E-state index is 8.80. The number of piperazine rings is 1. The lowest BCUT2D eigenvalue weighted by Gasteiger charge is -2.43. The molecule has 2 aliphatic rings. The normalized spacial score (nSPS) is 27.0. The van der Waals surface area contributed by atoms with E-state index >= 15 is 0 Å². The van der Waals surface area contributed by atoms with Crippen molar-refractivity contribution in [3.8, 4) is 0 Å². The Bertz CT molecular complexity index is 563. The number of hydrogen-bond acceptors (Lipinski definition) is 4. The number of anilines is 1. The predicted molar refractivity (Wildman–Crippen MR) is 88.1 cm³/mol. The van der Waals surface area contributed by atoms with Crippen LogP contribution in [-0.4, -0.2) is 47.7 Å². The van der Waals surface area contributed by atoms with Gasteiger partial charge in [-0.05, 0) is 60.4 Å². The van der Waals surface area contributed by atoms with Gasteiger partial charge in [-0.1, -0.05) is 5.16 Å². The van der Waals surface area contributed by atoms with Crippen LogP contribution in [0, 0.1) is 0 Å². The second-order valence-corrected chi connectivity index (χ2v) is 6.80. The summed E-state index contributed by atoms with van der Waals surface area (Å²) in [5.41, 5.74) is 7.58. The molecule has 2 heterocycles. The molecule has 0 bridgehead atoms. The van der Waals surface area contributed by atoms with Crippen molar-refractivity contribution >= 4 is 27.5 Å². The molecular weight excluding hydrogens is 332 g/mol. The van der Waals surface area contributed by atoms with Gasteiger partial charge in [-0.3, -0.25) is 4.90 Å². The zero-order valence-corrected chi connectivity index (χ0v) is 13.8. The first-order chi connectivity index (χ1) is 10.1. The highest BCUT2D eigenvalue weighted by Gasteiger charge is 2.34. The molecule has 0 radical (unpaired) electrons. The smallest absolute Gasteiger partial charge is 0.171 e. The topological polar surface area (TPSA) is 65.1 Å². The number of rotatable bonds is 2. The van der Waals surface area contributed by atoms with Gasteiger partial charge in [0.05, 0.1) is 0 Å². The van der Waals surface area contributed by atoms with Gasteiger partial charge in [0.25, 0.3) is 0 Å². The zero-order valence-electron chi connectivity index (χ0n) is 12.2. The zero-order chi connectivity index (χ0) is 15.0. The van der Waals surface area contributed by atoms with Crippen LogP contribution in [0.1, 0.15) is 25.3 Å². The largest absolute Gasteiger partial charge is 0.409 e.